The standard InChI is InChI=1S/C20H13NO6/c22-17-8-6-12-5-7-13(11-16(12)27-17)26-18(23)9-10-21-19(24)14-3-1-2-4-15(14)20(21)25/h1-8,11H,9-10H2. The Bertz CT molecular complexity index is 1110. The third-order valence-corrected chi connectivity index (χ3v) is 4.24. The topological polar surface area (TPSA) is 93.9 Å². The summed E-state index contributed by atoms with van der Waals surface area (Å²) >= 11 is 0. The second-order valence-corrected chi connectivity index (χ2v) is 5.99. The van der Waals surface area contributed by atoms with E-state index in [9.17, 15) is 19.2 Å². The molecule has 27 heavy (non-hydrogen) atoms. The lowest BCUT2D eigenvalue weighted by molar-refractivity contribution is -0.134. The van der Waals surface area contributed by atoms with Crippen LogP contribution in [0.3, 0.4) is 0 Å². The monoisotopic (exact) mass is 363 g/mol. The summed E-state index contributed by atoms with van der Waals surface area (Å²) in [5.41, 5.74) is 0.464. The van der Waals surface area contributed by atoms with Crippen molar-refractivity contribution in [3.8, 4) is 5.75 Å². The van der Waals surface area contributed by atoms with Gasteiger partial charge in [0, 0.05) is 24.1 Å². The number of hydrogen-bond donors (Lipinski definition) is 0. The summed E-state index contributed by atoms with van der Waals surface area (Å²) in [6.45, 7) is -0.0756. The highest BCUT2D eigenvalue weighted by Crippen LogP contribution is 2.23. The largest absolute Gasteiger partial charge is 0.426 e. The maximum atomic E-state index is 12.3. The number of hydrogen-bond acceptors (Lipinski definition) is 6. The van der Waals surface area contributed by atoms with E-state index in [0.29, 0.717) is 22.1 Å². The van der Waals surface area contributed by atoms with E-state index in [1.54, 1.807) is 42.5 Å². The molecule has 2 amide bonds. The fraction of sp³-hybridized carbons (Fsp3) is 0.100. The van der Waals surface area contributed by atoms with Crippen molar-refractivity contribution < 1.29 is 23.5 Å². The van der Waals surface area contributed by atoms with Crippen LogP contribution in [-0.2, 0) is 4.79 Å². The Hall–Kier alpha value is -3.74. The second kappa shape index (κ2) is 6.53. The van der Waals surface area contributed by atoms with E-state index in [1.807, 2.05) is 0 Å². The predicted molar refractivity (Wildman–Crippen MR) is 94.5 cm³/mol. The third-order valence-electron chi connectivity index (χ3n) is 4.24. The maximum Gasteiger partial charge on any atom is 0.336 e. The van der Waals surface area contributed by atoms with Gasteiger partial charge in [-0.05, 0) is 30.3 Å². The number of amides is 2. The van der Waals surface area contributed by atoms with Crippen molar-refractivity contribution in [3.05, 3.63) is 76.1 Å². The van der Waals surface area contributed by atoms with Crippen molar-refractivity contribution in [2.45, 2.75) is 6.42 Å². The second-order valence-electron chi connectivity index (χ2n) is 5.99. The van der Waals surface area contributed by atoms with Gasteiger partial charge in [0.1, 0.15) is 11.3 Å². The van der Waals surface area contributed by atoms with Crippen LogP contribution in [0.1, 0.15) is 27.1 Å². The zero-order valence-electron chi connectivity index (χ0n) is 14.0. The molecule has 0 N–H and O–H groups in total. The summed E-state index contributed by atoms with van der Waals surface area (Å²) in [7, 11) is 0. The van der Waals surface area contributed by atoms with Crippen LogP contribution < -0.4 is 10.4 Å². The normalized spacial score (nSPS) is 13.1. The minimum absolute atomic E-state index is 0.0756. The number of ether oxygens (including phenoxy) is 1. The van der Waals surface area contributed by atoms with Crippen LogP contribution >= 0.6 is 0 Å². The van der Waals surface area contributed by atoms with Crippen LogP contribution in [0.5, 0.6) is 5.75 Å². The molecule has 0 bridgehead atoms. The van der Waals surface area contributed by atoms with Crippen molar-refractivity contribution in [1.29, 1.82) is 0 Å². The Labute approximate surface area is 152 Å². The molecule has 0 aliphatic carbocycles. The van der Waals surface area contributed by atoms with Gasteiger partial charge in [0.05, 0.1) is 17.5 Å². The minimum atomic E-state index is -0.607. The number of carbonyl (C=O) groups is 3. The van der Waals surface area contributed by atoms with Gasteiger partial charge in [0.15, 0.2) is 0 Å². The van der Waals surface area contributed by atoms with Crippen molar-refractivity contribution in [2.75, 3.05) is 6.54 Å². The van der Waals surface area contributed by atoms with Crippen molar-refractivity contribution in [3.63, 3.8) is 0 Å². The Balaban J connectivity index is 1.43. The molecule has 0 atom stereocenters. The number of rotatable bonds is 4. The van der Waals surface area contributed by atoms with Gasteiger partial charge in [-0.3, -0.25) is 19.3 Å². The fourth-order valence-electron chi connectivity index (χ4n) is 2.93. The van der Waals surface area contributed by atoms with Gasteiger partial charge in [-0.2, -0.15) is 0 Å². The van der Waals surface area contributed by atoms with E-state index in [4.69, 9.17) is 9.15 Å². The van der Waals surface area contributed by atoms with Crippen molar-refractivity contribution in [2.24, 2.45) is 0 Å². The number of esters is 1. The molecule has 1 aliphatic rings. The van der Waals surface area contributed by atoms with E-state index < -0.39 is 23.4 Å². The van der Waals surface area contributed by atoms with Crippen LogP contribution in [0.2, 0.25) is 0 Å². The van der Waals surface area contributed by atoms with E-state index in [2.05, 4.69) is 0 Å². The van der Waals surface area contributed by atoms with Gasteiger partial charge in [-0.1, -0.05) is 12.1 Å². The molecule has 2 heterocycles. The summed E-state index contributed by atoms with van der Waals surface area (Å²) < 4.78 is 10.3. The Morgan fingerprint density at radius 2 is 1.59 bits per heavy atom. The SMILES string of the molecule is O=C(CCN1C(=O)c2ccccc2C1=O)Oc1ccc2ccc(=O)oc2c1. The number of nitrogens with zero attached hydrogens (tertiary/aromatic N) is 1. The third kappa shape index (κ3) is 3.10. The molecule has 0 spiro atoms. The number of imide groups is 1. The molecule has 0 fully saturated rings. The quantitative estimate of drug-likeness (QED) is 0.306. The van der Waals surface area contributed by atoms with Crippen LogP contribution in [0.4, 0.5) is 0 Å². The summed E-state index contributed by atoms with van der Waals surface area (Å²) in [5.74, 6) is -1.24. The molecule has 0 saturated carbocycles. The van der Waals surface area contributed by atoms with Gasteiger partial charge in [-0.25, -0.2) is 4.79 Å². The van der Waals surface area contributed by atoms with Gasteiger partial charge >= 0.3 is 11.6 Å². The Kier molecular flexibility index (Phi) is 4.04. The average Bonchev–Trinajstić information content (AvgIpc) is 2.90. The molecule has 1 aliphatic heterocycles. The molecule has 4 rings (SSSR count). The molecule has 0 radical (unpaired) electrons. The first-order valence-electron chi connectivity index (χ1n) is 8.23. The summed E-state index contributed by atoms with van der Waals surface area (Å²) in [5, 5.41) is 0.695. The molecule has 1 aromatic heterocycles. The van der Waals surface area contributed by atoms with Crippen LogP contribution in [0, 0.1) is 0 Å². The number of benzene rings is 2. The molecule has 2 aromatic carbocycles. The van der Waals surface area contributed by atoms with E-state index in [-0.39, 0.29) is 18.7 Å². The summed E-state index contributed by atoms with van der Waals surface area (Å²) in [6, 6.07) is 14.1. The van der Waals surface area contributed by atoms with Crippen LogP contribution in [-0.4, -0.2) is 29.2 Å². The smallest absolute Gasteiger partial charge is 0.336 e. The number of carbonyl (C=O) groups excluding carboxylic acids is 3. The average molecular weight is 363 g/mol. The minimum Gasteiger partial charge on any atom is -0.426 e. The lowest BCUT2D eigenvalue weighted by atomic mass is 10.1. The molecular formula is C20H13NO6. The van der Waals surface area contributed by atoms with Crippen molar-refractivity contribution >= 4 is 28.8 Å². The van der Waals surface area contributed by atoms with Crippen LogP contribution in [0.25, 0.3) is 11.0 Å². The number of fused-ring (bicyclic) bond motifs is 2. The van der Waals surface area contributed by atoms with E-state index in [0.717, 1.165) is 4.90 Å². The highest BCUT2D eigenvalue weighted by molar-refractivity contribution is 6.21. The first-order chi connectivity index (χ1) is 13.0. The highest BCUT2D eigenvalue weighted by Gasteiger charge is 2.35. The van der Waals surface area contributed by atoms with E-state index >= 15 is 0 Å². The fourth-order valence-corrected chi connectivity index (χ4v) is 2.93. The predicted octanol–water partition coefficient (Wildman–Crippen LogP) is 2.38. The maximum absolute atomic E-state index is 12.3. The first kappa shape index (κ1) is 16.7. The molecule has 0 saturated heterocycles. The van der Waals surface area contributed by atoms with E-state index in [1.165, 1.54) is 12.1 Å². The van der Waals surface area contributed by atoms with Gasteiger partial charge < -0.3 is 9.15 Å². The highest BCUT2D eigenvalue weighted by atomic mass is 16.5. The Morgan fingerprint density at radius 1 is 0.926 bits per heavy atom. The van der Waals surface area contributed by atoms with Crippen molar-refractivity contribution in [1.82, 2.24) is 4.90 Å². The molecular weight excluding hydrogens is 350 g/mol. The Morgan fingerprint density at radius 3 is 2.30 bits per heavy atom. The molecule has 134 valence electrons. The molecule has 7 nitrogen and oxygen atoms in total. The summed E-state index contributed by atoms with van der Waals surface area (Å²) in [6.07, 6.45) is -0.151. The first-order valence-corrected chi connectivity index (χ1v) is 8.23. The van der Waals surface area contributed by atoms with Gasteiger partial charge in [-0.15, -0.1) is 0 Å². The lowest BCUT2D eigenvalue weighted by Gasteiger charge is -2.13. The zero-order chi connectivity index (χ0) is 19.0. The summed E-state index contributed by atoms with van der Waals surface area (Å²) in [4.78, 5) is 48.9. The lowest BCUT2D eigenvalue weighted by Crippen LogP contribution is -2.32. The molecule has 0 unspecified atom stereocenters. The molecule has 7 heteroatoms. The van der Waals surface area contributed by atoms with Crippen LogP contribution in [0.15, 0.2) is 63.8 Å². The zero-order valence-corrected chi connectivity index (χ0v) is 14.0. The van der Waals surface area contributed by atoms with Gasteiger partial charge in [0.2, 0.25) is 0 Å². The molecule has 3 aromatic rings. The van der Waals surface area contributed by atoms with Gasteiger partial charge in [0.25, 0.3) is 11.8 Å².